The van der Waals surface area contributed by atoms with Crippen molar-refractivity contribution < 1.29 is 0 Å². The number of hydrogen-bond donors (Lipinski definition) is 1. The first-order chi connectivity index (χ1) is 7.12. The Morgan fingerprint density at radius 3 is 2.00 bits per heavy atom. The summed E-state index contributed by atoms with van der Waals surface area (Å²) in [6, 6.07) is 3.76. The monoisotopic (exact) mass is 243 g/mol. The average Bonchev–Trinajstić information content (AvgIpc) is 2.65. The van der Waals surface area contributed by atoms with Crippen molar-refractivity contribution in [1.82, 2.24) is 0 Å². The first-order valence-corrected chi connectivity index (χ1v) is 6.03. The fourth-order valence-corrected chi connectivity index (χ4v) is 2.86. The Bertz CT molecular complexity index is 350. The van der Waals surface area contributed by atoms with Gasteiger partial charge in [0.15, 0.2) is 0 Å². The van der Waals surface area contributed by atoms with Gasteiger partial charge in [0.05, 0.1) is 0 Å². The van der Waals surface area contributed by atoms with Crippen LogP contribution >= 0.6 is 23.2 Å². The van der Waals surface area contributed by atoms with E-state index in [1.54, 1.807) is 0 Å². The van der Waals surface area contributed by atoms with Crippen molar-refractivity contribution in [2.24, 2.45) is 11.1 Å². The van der Waals surface area contributed by atoms with E-state index in [9.17, 15) is 0 Å². The molecule has 0 atom stereocenters. The SMILES string of the molecule is CCC1(CN)Cc2c(Cl)ccc(Cl)c2C1. The Hall–Kier alpha value is -0.240. The van der Waals surface area contributed by atoms with Gasteiger partial charge >= 0.3 is 0 Å². The molecule has 0 radical (unpaired) electrons. The predicted molar refractivity (Wildman–Crippen MR) is 65.6 cm³/mol. The molecule has 0 heterocycles. The zero-order chi connectivity index (χ0) is 11.1. The minimum Gasteiger partial charge on any atom is -0.330 e. The lowest BCUT2D eigenvalue weighted by atomic mass is 9.82. The fourth-order valence-electron chi connectivity index (χ4n) is 2.37. The van der Waals surface area contributed by atoms with Crippen LogP contribution in [0.2, 0.25) is 10.0 Å². The number of benzene rings is 1. The Balaban J connectivity index is 2.46. The third-order valence-corrected chi connectivity index (χ3v) is 4.31. The zero-order valence-corrected chi connectivity index (χ0v) is 10.3. The van der Waals surface area contributed by atoms with Crippen molar-refractivity contribution in [3.8, 4) is 0 Å². The number of hydrogen-bond acceptors (Lipinski definition) is 1. The van der Waals surface area contributed by atoms with Gasteiger partial charge in [-0.2, -0.15) is 0 Å². The molecule has 1 aromatic carbocycles. The van der Waals surface area contributed by atoms with Crippen LogP contribution in [0.1, 0.15) is 24.5 Å². The van der Waals surface area contributed by atoms with Crippen molar-refractivity contribution in [2.75, 3.05) is 6.54 Å². The van der Waals surface area contributed by atoms with Crippen molar-refractivity contribution >= 4 is 23.2 Å². The molecular weight excluding hydrogens is 229 g/mol. The molecule has 82 valence electrons. The number of fused-ring (bicyclic) bond motifs is 1. The number of nitrogens with two attached hydrogens (primary N) is 1. The van der Waals surface area contributed by atoms with E-state index in [0.29, 0.717) is 6.54 Å². The fraction of sp³-hybridized carbons (Fsp3) is 0.500. The molecule has 1 nitrogen and oxygen atoms in total. The molecule has 1 aliphatic carbocycles. The van der Waals surface area contributed by atoms with E-state index in [2.05, 4.69) is 6.92 Å². The van der Waals surface area contributed by atoms with E-state index in [1.807, 2.05) is 12.1 Å². The summed E-state index contributed by atoms with van der Waals surface area (Å²) in [4.78, 5) is 0. The third kappa shape index (κ3) is 1.77. The first kappa shape index (κ1) is 11.3. The Morgan fingerprint density at radius 1 is 1.20 bits per heavy atom. The molecule has 0 aliphatic heterocycles. The van der Waals surface area contributed by atoms with E-state index in [4.69, 9.17) is 28.9 Å². The number of halogens is 2. The van der Waals surface area contributed by atoms with Crippen LogP contribution < -0.4 is 5.73 Å². The average molecular weight is 244 g/mol. The third-order valence-electron chi connectivity index (χ3n) is 3.60. The van der Waals surface area contributed by atoms with Crippen LogP contribution in [-0.4, -0.2) is 6.54 Å². The maximum atomic E-state index is 6.18. The molecule has 0 aromatic heterocycles. The quantitative estimate of drug-likeness (QED) is 0.847. The molecule has 0 spiro atoms. The van der Waals surface area contributed by atoms with Gasteiger partial charge in [0, 0.05) is 10.0 Å². The smallest absolute Gasteiger partial charge is 0.0442 e. The molecule has 3 heteroatoms. The second kappa shape index (κ2) is 3.97. The van der Waals surface area contributed by atoms with Crippen molar-refractivity contribution in [1.29, 1.82) is 0 Å². The maximum absolute atomic E-state index is 6.18. The minimum atomic E-state index is 0.178. The minimum absolute atomic E-state index is 0.178. The van der Waals surface area contributed by atoms with Gasteiger partial charge in [-0.15, -0.1) is 0 Å². The van der Waals surface area contributed by atoms with Gasteiger partial charge < -0.3 is 5.73 Å². The summed E-state index contributed by atoms with van der Waals surface area (Å²) in [5.74, 6) is 0. The summed E-state index contributed by atoms with van der Waals surface area (Å²) in [6.45, 7) is 2.88. The molecule has 2 rings (SSSR count). The van der Waals surface area contributed by atoms with Crippen molar-refractivity contribution in [2.45, 2.75) is 26.2 Å². The van der Waals surface area contributed by atoms with Crippen LogP contribution in [0.5, 0.6) is 0 Å². The lowest BCUT2D eigenvalue weighted by Crippen LogP contribution is -2.30. The van der Waals surface area contributed by atoms with E-state index < -0.39 is 0 Å². The molecule has 0 bridgehead atoms. The van der Waals surface area contributed by atoms with Crippen LogP contribution in [0.25, 0.3) is 0 Å². The van der Waals surface area contributed by atoms with E-state index in [1.165, 1.54) is 11.1 Å². The molecule has 15 heavy (non-hydrogen) atoms. The van der Waals surface area contributed by atoms with Crippen LogP contribution in [0.4, 0.5) is 0 Å². The molecular formula is C12H15Cl2N. The highest BCUT2D eigenvalue weighted by atomic mass is 35.5. The maximum Gasteiger partial charge on any atom is 0.0442 e. The van der Waals surface area contributed by atoms with E-state index >= 15 is 0 Å². The summed E-state index contributed by atoms with van der Waals surface area (Å²) in [5.41, 5.74) is 8.46. The highest BCUT2D eigenvalue weighted by Crippen LogP contribution is 2.44. The second-order valence-corrected chi connectivity index (χ2v) is 5.21. The molecule has 0 unspecified atom stereocenters. The normalized spacial score (nSPS) is 17.9. The topological polar surface area (TPSA) is 26.0 Å². The van der Waals surface area contributed by atoms with Crippen LogP contribution in [0.15, 0.2) is 12.1 Å². The zero-order valence-electron chi connectivity index (χ0n) is 8.82. The van der Waals surface area contributed by atoms with Gasteiger partial charge in [0.25, 0.3) is 0 Å². The first-order valence-electron chi connectivity index (χ1n) is 5.28. The van der Waals surface area contributed by atoms with Gasteiger partial charge in [-0.1, -0.05) is 30.1 Å². The lowest BCUT2D eigenvalue weighted by molar-refractivity contribution is 0.305. The van der Waals surface area contributed by atoms with Gasteiger partial charge in [-0.05, 0) is 54.5 Å². The lowest BCUT2D eigenvalue weighted by Gasteiger charge is -2.25. The molecule has 0 saturated heterocycles. The molecule has 1 aliphatic rings. The molecule has 0 saturated carbocycles. The summed E-state index contributed by atoms with van der Waals surface area (Å²) in [6.07, 6.45) is 3.01. The predicted octanol–water partition coefficient (Wildman–Crippen LogP) is 3.45. The van der Waals surface area contributed by atoms with Crippen LogP contribution in [0, 0.1) is 5.41 Å². The number of rotatable bonds is 2. The Kier molecular flexibility index (Phi) is 2.98. The Morgan fingerprint density at radius 2 is 1.67 bits per heavy atom. The second-order valence-electron chi connectivity index (χ2n) is 4.40. The summed E-state index contributed by atoms with van der Waals surface area (Å²) >= 11 is 12.4. The van der Waals surface area contributed by atoms with Crippen LogP contribution in [0.3, 0.4) is 0 Å². The highest BCUT2D eigenvalue weighted by molar-refractivity contribution is 6.34. The summed E-state index contributed by atoms with van der Waals surface area (Å²) in [7, 11) is 0. The Labute approximate surface area is 101 Å². The van der Waals surface area contributed by atoms with E-state index in [0.717, 1.165) is 29.3 Å². The standard InChI is InChI=1S/C12H15Cl2N/c1-2-12(7-15)5-8-9(6-12)11(14)4-3-10(8)13/h3-4H,2,5-7,15H2,1H3. The van der Waals surface area contributed by atoms with Gasteiger partial charge in [0.1, 0.15) is 0 Å². The summed E-state index contributed by atoms with van der Waals surface area (Å²) in [5, 5.41) is 1.66. The van der Waals surface area contributed by atoms with Crippen molar-refractivity contribution in [3.05, 3.63) is 33.3 Å². The largest absolute Gasteiger partial charge is 0.330 e. The van der Waals surface area contributed by atoms with Gasteiger partial charge in [-0.3, -0.25) is 0 Å². The molecule has 1 aromatic rings. The molecule has 0 fully saturated rings. The van der Waals surface area contributed by atoms with Gasteiger partial charge in [-0.25, -0.2) is 0 Å². The van der Waals surface area contributed by atoms with Gasteiger partial charge in [0.2, 0.25) is 0 Å². The van der Waals surface area contributed by atoms with E-state index in [-0.39, 0.29) is 5.41 Å². The van der Waals surface area contributed by atoms with Crippen molar-refractivity contribution in [3.63, 3.8) is 0 Å². The highest BCUT2D eigenvalue weighted by Gasteiger charge is 2.36. The van der Waals surface area contributed by atoms with Crippen LogP contribution in [-0.2, 0) is 12.8 Å². The molecule has 2 N–H and O–H groups in total. The molecule has 0 amide bonds. The summed E-state index contributed by atoms with van der Waals surface area (Å²) < 4.78 is 0.